The molecule has 0 radical (unpaired) electrons. The first-order chi connectivity index (χ1) is 17.0. The lowest BCUT2D eigenvalue weighted by Crippen LogP contribution is -2.08. The molecule has 0 unspecified atom stereocenters. The fourth-order valence-electron chi connectivity index (χ4n) is 5.02. The van der Waals surface area contributed by atoms with Gasteiger partial charge in [0.1, 0.15) is 0 Å². The zero-order valence-electron chi connectivity index (χ0n) is 21.1. The lowest BCUT2D eigenvalue weighted by atomic mass is 9.86. The second kappa shape index (κ2) is 9.80. The predicted molar refractivity (Wildman–Crippen MR) is 150 cm³/mol. The van der Waals surface area contributed by atoms with Crippen molar-refractivity contribution < 1.29 is 0 Å². The van der Waals surface area contributed by atoms with Gasteiger partial charge in [-0.1, -0.05) is 113 Å². The Bertz CT molecular complexity index is 1390. The summed E-state index contributed by atoms with van der Waals surface area (Å²) < 4.78 is 2.40. The number of nitrogens with zero attached hydrogens (tertiary/aromatic N) is 1. The highest BCUT2D eigenvalue weighted by molar-refractivity contribution is 5.85. The molecule has 1 heteroatoms. The van der Waals surface area contributed by atoms with Crippen LogP contribution >= 0.6 is 0 Å². The molecular weight excluding hydrogens is 422 g/mol. The Morgan fingerprint density at radius 1 is 0.486 bits per heavy atom. The van der Waals surface area contributed by atoms with Crippen LogP contribution in [-0.2, 0) is 0 Å². The summed E-state index contributed by atoms with van der Waals surface area (Å²) in [4.78, 5) is 0. The van der Waals surface area contributed by atoms with Crippen LogP contribution in [0, 0.1) is 0 Å². The van der Waals surface area contributed by atoms with Crippen LogP contribution in [0.2, 0.25) is 0 Å². The maximum absolute atomic E-state index is 2.42. The molecule has 0 atom stereocenters. The van der Waals surface area contributed by atoms with Crippen molar-refractivity contribution in [3.05, 3.63) is 127 Å². The fourth-order valence-corrected chi connectivity index (χ4v) is 5.02. The number of aromatic nitrogens is 1. The maximum atomic E-state index is 2.42. The van der Waals surface area contributed by atoms with Gasteiger partial charge in [0.2, 0.25) is 0 Å². The van der Waals surface area contributed by atoms with Gasteiger partial charge in [0.05, 0.1) is 11.4 Å². The third kappa shape index (κ3) is 4.47. The van der Waals surface area contributed by atoms with E-state index in [0.29, 0.717) is 11.8 Å². The van der Waals surface area contributed by atoms with Crippen molar-refractivity contribution in [3.8, 4) is 39.2 Å². The lowest BCUT2D eigenvalue weighted by Gasteiger charge is -2.25. The standard InChI is InChI=1S/C34H33N/c1-24(2)31-22-28(30-19-12-11-18-29(30)26-14-7-5-8-15-26)23-32(25(3)4)34(31)35-21-13-20-33(35)27-16-9-6-10-17-27/h5-25H,1-4H3. The van der Waals surface area contributed by atoms with Crippen LogP contribution in [0.15, 0.2) is 115 Å². The van der Waals surface area contributed by atoms with Crippen molar-refractivity contribution in [2.24, 2.45) is 0 Å². The highest BCUT2D eigenvalue weighted by Gasteiger charge is 2.21. The van der Waals surface area contributed by atoms with E-state index in [4.69, 9.17) is 0 Å². The van der Waals surface area contributed by atoms with Gasteiger partial charge >= 0.3 is 0 Å². The lowest BCUT2D eigenvalue weighted by molar-refractivity contribution is 0.808. The van der Waals surface area contributed by atoms with E-state index < -0.39 is 0 Å². The minimum absolute atomic E-state index is 0.386. The molecule has 0 aliphatic heterocycles. The molecule has 0 bridgehead atoms. The highest BCUT2D eigenvalue weighted by Crippen LogP contribution is 2.40. The molecule has 1 aromatic heterocycles. The second-order valence-electron chi connectivity index (χ2n) is 9.85. The third-order valence-corrected chi connectivity index (χ3v) is 6.79. The minimum atomic E-state index is 0.386. The molecule has 0 N–H and O–H groups in total. The van der Waals surface area contributed by atoms with Gasteiger partial charge in [-0.05, 0) is 75.0 Å². The monoisotopic (exact) mass is 455 g/mol. The molecule has 1 heterocycles. The van der Waals surface area contributed by atoms with E-state index >= 15 is 0 Å². The molecule has 1 nitrogen and oxygen atoms in total. The van der Waals surface area contributed by atoms with Gasteiger partial charge in [-0.25, -0.2) is 0 Å². The molecule has 0 fully saturated rings. The Kier molecular flexibility index (Phi) is 6.42. The summed E-state index contributed by atoms with van der Waals surface area (Å²) in [6, 6.07) is 39.4. The van der Waals surface area contributed by atoms with Crippen LogP contribution in [0.5, 0.6) is 0 Å². The Labute approximate surface area is 209 Å². The van der Waals surface area contributed by atoms with Gasteiger partial charge in [0, 0.05) is 6.20 Å². The Balaban J connectivity index is 1.76. The van der Waals surface area contributed by atoms with E-state index in [0.717, 1.165) is 0 Å². The Morgan fingerprint density at radius 2 is 0.971 bits per heavy atom. The van der Waals surface area contributed by atoms with Gasteiger partial charge in [0.25, 0.3) is 0 Å². The van der Waals surface area contributed by atoms with Gasteiger partial charge in [-0.3, -0.25) is 0 Å². The largest absolute Gasteiger partial charge is 0.316 e. The van der Waals surface area contributed by atoms with Crippen molar-refractivity contribution in [2.45, 2.75) is 39.5 Å². The molecule has 5 rings (SSSR count). The Morgan fingerprint density at radius 3 is 1.51 bits per heavy atom. The summed E-state index contributed by atoms with van der Waals surface area (Å²) >= 11 is 0. The average molecular weight is 456 g/mol. The summed E-state index contributed by atoms with van der Waals surface area (Å²) in [6.45, 7) is 9.23. The first-order valence-electron chi connectivity index (χ1n) is 12.6. The van der Waals surface area contributed by atoms with E-state index in [1.165, 1.54) is 50.3 Å². The van der Waals surface area contributed by atoms with Gasteiger partial charge in [-0.2, -0.15) is 0 Å². The van der Waals surface area contributed by atoms with Crippen molar-refractivity contribution >= 4 is 0 Å². The van der Waals surface area contributed by atoms with E-state index in [2.05, 4.69) is 148 Å². The summed E-state index contributed by atoms with van der Waals surface area (Å²) in [5.41, 5.74) is 11.6. The normalized spacial score (nSPS) is 11.4. The number of hydrogen-bond acceptors (Lipinski definition) is 0. The summed E-state index contributed by atoms with van der Waals surface area (Å²) in [6.07, 6.45) is 2.22. The second-order valence-corrected chi connectivity index (χ2v) is 9.85. The average Bonchev–Trinajstić information content (AvgIpc) is 3.38. The van der Waals surface area contributed by atoms with Crippen LogP contribution < -0.4 is 0 Å². The third-order valence-electron chi connectivity index (χ3n) is 6.79. The molecule has 0 amide bonds. The molecule has 5 aromatic rings. The first kappa shape index (κ1) is 22.9. The van der Waals surface area contributed by atoms with Crippen LogP contribution in [-0.4, -0.2) is 4.57 Å². The summed E-state index contributed by atoms with van der Waals surface area (Å²) in [5, 5.41) is 0. The Hall–Kier alpha value is -3.84. The number of rotatable bonds is 6. The van der Waals surface area contributed by atoms with Crippen molar-refractivity contribution in [1.82, 2.24) is 4.57 Å². The molecule has 4 aromatic carbocycles. The van der Waals surface area contributed by atoms with Crippen molar-refractivity contribution in [3.63, 3.8) is 0 Å². The van der Waals surface area contributed by atoms with Gasteiger partial charge in [0.15, 0.2) is 0 Å². The smallest absolute Gasteiger partial charge is 0.0528 e. The van der Waals surface area contributed by atoms with Gasteiger partial charge in [-0.15, -0.1) is 0 Å². The molecule has 35 heavy (non-hydrogen) atoms. The fraction of sp³-hybridized carbons (Fsp3) is 0.176. The van der Waals surface area contributed by atoms with Crippen LogP contribution in [0.25, 0.3) is 39.2 Å². The molecule has 0 aliphatic carbocycles. The predicted octanol–water partition coefficient (Wildman–Crippen LogP) is 9.73. The van der Waals surface area contributed by atoms with Crippen molar-refractivity contribution in [1.29, 1.82) is 0 Å². The van der Waals surface area contributed by atoms with E-state index in [1.54, 1.807) is 0 Å². The zero-order chi connectivity index (χ0) is 24.4. The summed E-state index contributed by atoms with van der Waals surface area (Å²) in [5.74, 6) is 0.773. The van der Waals surface area contributed by atoms with E-state index in [-0.39, 0.29) is 0 Å². The maximum Gasteiger partial charge on any atom is 0.0528 e. The molecule has 0 spiro atoms. The van der Waals surface area contributed by atoms with Crippen LogP contribution in [0.3, 0.4) is 0 Å². The zero-order valence-corrected chi connectivity index (χ0v) is 21.1. The minimum Gasteiger partial charge on any atom is -0.316 e. The van der Waals surface area contributed by atoms with Gasteiger partial charge < -0.3 is 4.57 Å². The molecule has 174 valence electrons. The van der Waals surface area contributed by atoms with E-state index in [9.17, 15) is 0 Å². The first-order valence-corrected chi connectivity index (χ1v) is 12.6. The molecular formula is C34H33N. The topological polar surface area (TPSA) is 4.93 Å². The highest BCUT2D eigenvalue weighted by atomic mass is 15.0. The molecule has 0 aliphatic rings. The van der Waals surface area contributed by atoms with Crippen molar-refractivity contribution in [2.75, 3.05) is 0 Å². The molecule has 0 saturated heterocycles. The quantitative estimate of drug-likeness (QED) is 0.240. The van der Waals surface area contributed by atoms with Crippen LogP contribution in [0.1, 0.15) is 50.7 Å². The SMILES string of the molecule is CC(C)c1cc(-c2ccccc2-c2ccccc2)cc(C(C)C)c1-n1cccc1-c1ccccc1. The number of benzene rings is 4. The number of hydrogen-bond donors (Lipinski definition) is 0. The summed E-state index contributed by atoms with van der Waals surface area (Å²) in [7, 11) is 0. The van der Waals surface area contributed by atoms with E-state index in [1.807, 2.05) is 0 Å². The van der Waals surface area contributed by atoms with Crippen LogP contribution in [0.4, 0.5) is 0 Å². The molecule has 0 saturated carbocycles.